The largest absolute Gasteiger partial charge is 0.312 e. The number of hydrogen-bond donors (Lipinski definition) is 0. The van der Waals surface area contributed by atoms with Crippen LogP contribution in [0.4, 0.5) is 17.1 Å². The molecule has 0 atom stereocenters. The molecule has 11 nitrogen and oxygen atoms in total. The van der Waals surface area contributed by atoms with Crippen LogP contribution in [0.3, 0.4) is 0 Å². The number of nitro groups is 3. The fourth-order valence-electron chi connectivity index (χ4n) is 3.12. The number of hydrogen-bond acceptors (Lipinski definition) is 8. The zero-order valence-corrected chi connectivity index (χ0v) is 13.1. The van der Waals surface area contributed by atoms with Crippen molar-refractivity contribution in [1.82, 2.24) is 0 Å². The van der Waals surface area contributed by atoms with Crippen molar-refractivity contribution < 1.29 is 14.8 Å². The van der Waals surface area contributed by atoms with Crippen molar-refractivity contribution in [1.29, 1.82) is 10.5 Å². The summed E-state index contributed by atoms with van der Waals surface area (Å²) in [6, 6.07) is 6.49. The molecule has 11 heteroatoms. The van der Waals surface area contributed by atoms with Crippen LogP contribution in [0.25, 0.3) is 16.7 Å². The Labute approximate surface area is 149 Å². The Morgan fingerprint density at radius 2 is 1.41 bits per heavy atom. The van der Waals surface area contributed by atoms with E-state index in [1.165, 1.54) is 12.1 Å². The molecular formula is C16H5N5O6. The highest BCUT2D eigenvalue weighted by Crippen LogP contribution is 2.53. The lowest BCUT2D eigenvalue weighted by atomic mass is 9.93. The van der Waals surface area contributed by atoms with Gasteiger partial charge in [0.2, 0.25) is 5.56 Å². The van der Waals surface area contributed by atoms with Crippen molar-refractivity contribution in [2.45, 2.75) is 0 Å². The maximum Gasteiger partial charge on any atom is 0.312 e. The smallest absolute Gasteiger partial charge is 0.258 e. The highest BCUT2D eigenvalue weighted by molar-refractivity contribution is 6.08. The van der Waals surface area contributed by atoms with Crippen molar-refractivity contribution in [3.63, 3.8) is 0 Å². The van der Waals surface area contributed by atoms with Crippen LogP contribution in [0.15, 0.2) is 24.8 Å². The number of non-ortho nitro benzene ring substituents is 1. The highest BCUT2D eigenvalue weighted by Gasteiger charge is 2.42. The van der Waals surface area contributed by atoms with Gasteiger partial charge in [-0.05, 0) is 22.8 Å². The topological polar surface area (TPSA) is 177 Å². The quantitative estimate of drug-likeness (QED) is 0.502. The minimum Gasteiger partial charge on any atom is -0.258 e. The Hall–Kier alpha value is -4.64. The van der Waals surface area contributed by atoms with Gasteiger partial charge >= 0.3 is 11.4 Å². The summed E-state index contributed by atoms with van der Waals surface area (Å²) in [5, 5.41) is 52.8. The second kappa shape index (κ2) is 5.72. The van der Waals surface area contributed by atoms with E-state index < -0.39 is 37.3 Å². The van der Waals surface area contributed by atoms with E-state index in [4.69, 9.17) is 0 Å². The lowest BCUT2D eigenvalue weighted by Gasteiger charge is -2.07. The van der Waals surface area contributed by atoms with Crippen LogP contribution in [0, 0.1) is 53.0 Å². The van der Waals surface area contributed by atoms with Crippen LogP contribution in [-0.4, -0.2) is 14.8 Å². The summed E-state index contributed by atoms with van der Waals surface area (Å²) >= 11 is 0. The van der Waals surface area contributed by atoms with Crippen LogP contribution < -0.4 is 0 Å². The monoisotopic (exact) mass is 363 g/mol. The molecule has 2 aromatic carbocycles. The summed E-state index contributed by atoms with van der Waals surface area (Å²) in [6.45, 7) is 3.70. The van der Waals surface area contributed by atoms with Gasteiger partial charge in [-0.25, -0.2) is 0 Å². The molecule has 0 saturated carbocycles. The highest BCUT2D eigenvalue weighted by atomic mass is 16.6. The fraction of sp³-hybridized carbons (Fsp3) is 0. The number of fused-ring (bicyclic) bond motifs is 3. The first-order valence-electron chi connectivity index (χ1n) is 7.06. The van der Waals surface area contributed by atoms with Crippen LogP contribution >= 0.6 is 0 Å². The Bertz CT molecular complexity index is 1200. The molecule has 1 aliphatic carbocycles. The third-order valence-electron chi connectivity index (χ3n) is 4.15. The number of nitriles is 2. The predicted octanol–water partition coefficient (Wildman–Crippen LogP) is 3.20. The van der Waals surface area contributed by atoms with Crippen molar-refractivity contribution in [3.8, 4) is 23.3 Å². The molecule has 0 N–H and O–H groups in total. The van der Waals surface area contributed by atoms with E-state index in [2.05, 4.69) is 6.58 Å². The van der Waals surface area contributed by atoms with Gasteiger partial charge in [0.1, 0.15) is 17.7 Å². The summed E-state index contributed by atoms with van der Waals surface area (Å²) in [6.07, 6.45) is 0. The van der Waals surface area contributed by atoms with E-state index in [0.717, 1.165) is 12.1 Å². The van der Waals surface area contributed by atoms with Crippen LogP contribution in [0.2, 0.25) is 0 Å². The molecule has 0 bridgehead atoms. The maximum atomic E-state index is 11.6. The predicted molar refractivity (Wildman–Crippen MR) is 89.4 cm³/mol. The van der Waals surface area contributed by atoms with Gasteiger partial charge in [0.05, 0.1) is 20.3 Å². The second-order valence-electron chi connectivity index (χ2n) is 5.40. The third kappa shape index (κ3) is 2.20. The first kappa shape index (κ1) is 17.2. The molecular weight excluding hydrogens is 358 g/mol. The minimum absolute atomic E-state index is 0.00376. The lowest BCUT2D eigenvalue weighted by molar-refractivity contribution is -0.394. The van der Waals surface area contributed by atoms with Crippen molar-refractivity contribution in [2.24, 2.45) is 0 Å². The van der Waals surface area contributed by atoms with E-state index in [-0.39, 0.29) is 33.5 Å². The Morgan fingerprint density at radius 3 is 1.89 bits per heavy atom. The normalized spacial score (nSPS) is 11.1. The number of nitrogens with zero attached hydrogens (tertiary/aromatic N) is 5. The first-order chi connectivity index (χ1) is 12.7. The molecule has 0 heterocycles. The SMILES string of the molecule is C=C1c2cc([N+](=O)[O-])ccc2-c2c1c(C#N)c([N+](=O)[O-])c(C#N)c2[N+](=O)[O-]. The Morgan fingerprint density at radius 1 is 0.815 bits per heavy atom. The minimum atomic E-state index is -1.04. The molecule has 0 radical (unpaired) electrons. The van der Waals surface area contributed by atoms with Gasteiger partial charge in [-0.1, -0.05) is 6.58 Å². The van der Waals surface area contributed by atoms with Crippen LogP contribution in [-0.2, 0) is 0 Å². The molecule has 0 aliphatic heterocycles. The summed E-state index contributed by atoms with van der Waals surface area (Å²) in [5.41, 5.74) is -3.67. The molecule has 0 amide bonds. The summed E-state index contributed by atoms with van der Waals surface area (Å²) in [4.78, 5) is 31.4. The molecule has 0 fully saturated rings. The van der Waals surface area contributed by atoms with Crippen molar-refractivity contribution >= 4 is 22.6 Å². The molecule has 3 rings (SSSR count). The molecule has 0 unspecified atom stereocenters. The molecule has 1 aliphatic rings. The van der Waals surface area contributed by atoms with Gasteiger partial charge < -0.3 is 0 Å². The molecule has 0 spiro atoms. The van der Waals surface area contributed by atoms with E-state index in [9.17, 15) is 40.9 Å². The van der Waals surface area contributed by atoms with Gasteiger partial charge in [0.25, 0.3) is 5.69 Å². The average Bonchev–Trinajstić information content (AvgIpc) is 2.91. The zero-order chi connectivity index (χ0) is 20.0. The fourth-order valence-corrected chi connectivity index (χ4v) is 3.12. The summed E-state index contributed by atoms with van der Waals surface area (Å²) in [5.74, 6) is 0. The van der Waals surface area contributed by atoms with Crippen LogP contribution in [0.5, 0.6) is 0 Å². The van der Waals surface area contributed by atoms with Crippen molar-refractivity contribution in [2.75, 3.05) is 0 Å². The van der Waals surface area contributed by atoms with E-state index in [1.54, 1.807) is 6.07 Å². The standard InChI is InChI=1S/C16H5N5O6/c1-7-10-4-8(19(22)23)2-3-9(10)14-13(7)11(5-17)15(20(24)25)12(6-18)16(14)21(26)27/h2-4H,1H2. The van der Waals surface area contributed by atoms with Gasteiger partial charge in [0, 0.05) is 17.7 Å². The molecule has 0 saturated heterocycles. The summed E-state index contributed by atoms with van der Waals surface area (Å²) in [7, 11) is 0. The lowest BCUT2D eigenvalue weighted by Crippen LogP contribution is -2.05. The number of rotatable bonds is 3. The molecule has 2 aromatic rings. The number of nitro benzene ring substituents is 3. The van der Waals surface area contributed by atoms with Gasteiger partial charge in [-0.3, -0.25) is 30.3 Å². The number of benzene rings is 2. The van der Waals surface area contributed by atoms with Crippen molar-refractivity contribution in [3.05, 3.63) is 77.4 Å². The third-order valence-corrected chi connectivity index (χ3v) is 4.15. The summed E-state index contributed by atoms with van der Waals surface area (Å²) < 4.78 is 0. The Kier molecular flexibility index (Phi) is 3.64. The maximum absolute atomic E-state index is 11.6. The van der Waals surface area contributed by atoms with Gasteiger partial charge in [0.15, 0.2) is 0 Å². The van der Waals surface area contributed by atoms with Gasteiger partial charge in [-0.15, -0.1) is 0 Å². The van der Waals surface area contributed by atoms with Gasteiger partial charge in [-0.2, -0.15) is 10.5 Å². The molecule has 27 heavy (non-hydrogen) atoms. The molecule has 0 aromatic heterocycles. The average molecular weight is 363 g/mol. The second-order valence-corrected chi connectivity index (χ2v) is 5.40. The van der Waals surface area contributed by atoms with E-state index in [1.807, 2.05) is 0 Å². The van der Waals surface area contributed by atoms with Crippen LogP contribution in [0.1, 0.15) is 22.3 Å². The van der Waals surface area contributed by atoms with E-state index >= 15 is 0 Å². The zero-order valence-electron chi connectivity index (χ0n) is 13.1. The first-order valence-corrected chi connectivity index (χ1v) is 7.06. The van der Waals surface area contributed by atoms with E-state index in [0.29, 0.717) is 0 Å². The Balaban J connectivity index is 2.58. The molecule has 130 valence electrons.